The smallest absolute Gasteiger partial charge is 0.146 e. The van der Waals surface area contributed by atoms with E-state index in [0.29, 0.717) is 6.42 Å². The Morgan fingerprint density at radius 1 is 1.82 bits per heavy atom. The Bertz CT molecular complexity index is 230. The molecule has 3 heteroatoms. The van der Waals surface area contributed by atoms with E-state index in [4.69, 9.17) is 5.73 Å². The summed E-state index contributed by atoms with van der Waals surface area (Å²) in [4.78, 5) is 11.9. The summed E-state index contributed by atoms with van der Waals surface area (Å²) in [6.45, 7) is 1.53. The molecule has 1 rings (SSSR count). The van der Waals surface area contributed by atoms with E-state index in [0.717, 1.165) is 0 Å². The highest BCUT2D eigenvalue weighted by molar-refractivity contribution is 7.09. The predicted molar refractivity (Wildman–Crippen MR) is 46.7 cm³/mol. The van der Waals surface area contributed by atoms with Gasteiger partial charge in [0.1, 0.15) is 5.78 Å². The lowest BCUT2D eigenvalue weighted by molar-refractivity contribution is -0.118. The summed E-state index contributed by atoms with van der Waals surface area (Å²) in [5.74, 6) is 0.0541. The van der Waals surface area contributed by atoms with Gasteiger partial charge in [0, 0.05) is 11.3 Å². The Balaban J connectivity index is 2.50. The molecule has 1 heterocycles. The van der Waals surface area contributed by atoms with E-state index in [9.17, 15) is 4.79 Å². The van der Waals surface area contributed by atoms with Crippen molar-refractivity contribution in [3.8, 4) is 0 Å². The van der Waals surface area contributed by atoms with Crippen LogP contribution in [0.15, 0.2) is 17.5 Å². The summed E-state index contributed by atoms with van der Waals surface area (Å²) in [6, 6.07) is 3.63. The molecular weight excluding hydrogens is 158 g/mol. The van der Waals surface area contributed by atoms with E-state index < -0.39 is 0 Å². The maximum Gasteiger partial charge on any atom is 0.146 e. The van der Waals surface area contributed by atoms with Crippen molar-refractivity contribution in [3.05, 3.63) is 22.4 Å². The molecule has 0 aliphatic heterocycles. The molecule has 0 saturated carbocycles. The molecular formula is C8H11NOS. The Morgan fingerprint density at radius 3 is 3.00 bits per heavy atom. The van der Waals surface area contributed by atoms with Gasteiger partial charge in [-0.05, 0) is 18.4 Å². The standard InChI is InChI=1S/C8H11NOS/c1-6(10)8(9)5-7-3-2-4-11-7/h2-4,8H,5,9H2,1H3/t8-/m0/s1. The number of carbonyl (C=O) groups is 1. The first-order valence-electron chi connectivity index (χ1n) is 3.48. The molecule has 0 saturated heterocycles. The average molecular weight is 169 g/mol. The van der Waals surface area contributed by atoms with Crippen LogP contribution in [0.5, 0.6) is 0 Å². The highest BCUT2D eigenvalue weighted by atomic mass is 32.1. The second kappa shape index (κ2) is 3.64. The summed E-state index contributed by atoms with van der Waals surface area (Å²) in [7, 11) is 0. The van der Waals surface area contributed by atoms with Gasteiger partial charge < -0.3 is 5.73 Å². The highest BCUT2D eigenvalue weighted by Crippen LogP contribution is 2.10. The SMILES string of the molecule is CC(=O)[C@@H](N)Cc1cccs1. The maximum atomic E-state index is 10.7. The third kappa shape index (κ3) is 2.44. The molecule has 0 amide bonds. The van der Waals surface area contributed by atoms with E-state index in [1.165, 1.54) is 11.8 Å². The van der Waals surface area contributed by atoms with Gasteiger partial charge in [-0.2, -0.15) is 0 Å². The molecule has 0 radical (unpaired) electrons. The number of hydrogen-bond acceptors (Lipinski definition) is 3. The molecule has 2 nitrogen and oxygen atoms in total. The number of thiophene rings is 1. The van der Waals surface area contributed by atoms with Gasteiger partial charge in [0.05, 0.1) is 6.04 Å². The number of hydrogen-bond donors (Lipinski definition) is 1. The van der Waals surface area contributed by atoms with Gasteiger partial charge in [-0.1, -0.05) is 6.07 Å². The van der Waals surface area contributed by atoms with Crippen molar-refractivity contribution in [2.24, 2.45) is 5.73 Å². The zero-order chi connectivity index (χ0) is 8.27. The van der Waals surface area contributed by atoms with Crippen LogP contribution in [0.4, 0.5) is 0 Å². The minimum Gasteiger partial charge on any atom is -0.321 e. The fourth-order valence-corrected chi connectivity index (χ4v) is 1.55. The van der Waals surface area contributed by atoms with Gasteiger partial charge in [0.25, 0.3) is 0 Å². The van der Waals surface area contributed by atoms with Crippen LogP contribution >= 0.6 is 11.3 Å². The predicted octanol–water partition coefficient (Wildman–Crippen LogP) is 1.21. The number of nitrogens with two attached hydrogens (primary N) is 1. The van der Waals surface area contributed by atoms with Gasteiger partial charge in [0.2, 0.25) is 0 Å². The van der Waals surface area contributed by atoms with Gasteiger partial charge in [-0.3, -0.25) is 4.79 Å². The van der Waals surface area contributed by atoms with Crippen molar-refractivity contribution in [3.63, 3.8) is 0 Å². The summed E-state index contributed by atoms with van der Waals surface area (Å²) in [6.07, 6.45) is 0.674. The lowest BCUT2D eigenvalue weighted by Gasteiger charge is -2.03. The first-order chi connectivity index (χ1) is 5.20. The third-order valence-corrected chi connectivity index (χ3v) is 2.42. The molecule has 1 aromatic rings. The minimum atomic E-state index is -0.325. The summed E-state index contributed by atoms with van der Waals surface area (Å²) in [5, 5.41) is 1.99. The molecule has 0 fully saturated rings. The third-order valence-electron chi connectivity index (χ3n) is 1.52. The lowest BCUT2D eigenvalue weighted by Crippen LogP contribution is -2.30. The number of ketones is 1. The Kier molecular flexibility index (Phi) is 2.79. The van der Waals surface area contributed by atoms with E-state index in [1.807, 2.05) is 17.5 Å². The number of carbonyl (C=O) groups excluding carboxylic acids is 1. The molecule has 1 atom stereocenters. The summed E-state index contributed by atoms with van der Waals surface area (Å²) in [5.41, 5.74) is 5.56. The zero-order valence-electron chi connectivity index (χ0n) is 6.41. The quantitative estimate of drug-likeness (QED) is 0.739. The van der Waals surface area contributed by atoms with E-state index in [-0.39, 0.29) is 11.8 Å². The molecule has 11 heavy (non-hydrogen) atoms. The van der Waals surface area contributed by atoms with E-state index in [2.05, 4.69) is 0 Å². The van der Waals surface area contributed by atoms with Crippen LogP contribution in [0.1, 0.15) is 11.8 Å². The molecule has 1 aromatic heterocycles. The monoisotopic (exact) mass is 169 g/mol. The van der Waals surface area contributed by atoms with Gasteiger partial charge in [-0.15, -0.1) is 11.3 Å². The van der Waals surface area contributed by atoms with Crippen LogP contribution in [0.25, 0.3) is 0 Å². The second-order valence-electron chi connectivity index (χ2n) is 2.50. The summed E-state index contributed by atoms with van der Waals surface area (Å²) >= 11 is 1.64. The maximum absolute atomic E-state index is 10.7. The van der Waals surface area contributed by atoms with Gasteiger partial charge >= 0.3 is 0 Å². The molecule has 0 aliphatic carbocycles. The van der Waals surface area contributed by atoms with E-state index in [1.54, 1.807) is 11.3 Å². The van der Waals surface area contributed by atoms with Crippen LogP contribution in [-0.2, 0) is 11.2 Å². The van der Waals surface area contributed by atoms with Crippen LogP contribution in [0.3, 0.4) is 0 Å². The first kappa shape index (κ1) is 8.43. The normalized spacial score (nSPS) is 12.9. The van der Waals surface area contributed by atoms with E-state index >= 15 is 0 Å². The van der Waals surface area contributed by atoms with Crippen LogP contribution in [0, 0.1) is 0 Å². The van der Waals surface area contributed by atoms with Crippen molar-refractivity contribution < 1.29 is 4.79 Å². The van der Waals surface area contributed by atoms with Crippen molar-refractivity contribution >= 4 is 17.1 Å². The Labute approximate surface area is 70.0 Å². The minimum absolute atomic E-state index is 0.0541. The summed E-state index contributed by atoms with van der Waals surface area (Å²) < 4.78 is 0. The van der Waals surface area contributed by atoms with Gasteiger partial charge in [-0.25, -0.2) is 0 Å². The number of rotatable bonds is 3. The highest BCUT2D eigenvalue weighted by Gasteiger charge is 2.08. The van der Waals surface area contributed by atoms with Crippen molar-refractivity contribution in [2.45, 2.75) is 19.4 Å². The first-order valence-corrected chi connectivity index (χ1v) is 4.36. The lowest BCUT2D eigenvalue weighted by atomic mass is 10.1. The fourth-order valence-electron chi connectivity index (χ4n) is 0.789. The molecule has 0 spiro atoms. The molecule has 60 valence electrons. The van der Waals surface area contributed by atoms with Crippen molar-refractivity contribution in [2.75, 3.05) is 0 Å². The Hall–Kier alpha value is -0.670. The fraction of sp³-hybridized carbons (Fsp3) is 0.375. The molecule has 0 bridgehead atoms. The van der Waals surface area contributed by atoms with Crippen LogP contribution in [-0.4, -0.2) is 11.8 Å². The van der Waals surface area contributed by atoms with Crippen molar-refractivity contribution in [1.29, 1.82) is 0 Å². The largest absolute Gasteiger partial charge is 0.321 e. The van der Waals surface area contributed by atoms with Gasteiger partial charge in [0.15, 0.2) is 0 Å². The molecule has 2 N–H and O–H groups in total. The Morgan fingerprint density at radius 2 is 2.55 bits per heavy atom. The molecule has 0 aliphatic rings. The van der Waals surface area contributed by atoms with Crippen molar-refractivity contribution in [1.82, 2.24) is 0 Å². The molecule has 0 aromatic carbocycles. The second-order valence-corrected chi connectivity index (χ2v) is 3.53. The van der Waals surface area contributed by atoms with Crippen LogP contribution < -0.4 is 5.73 Å². The van der Waals surface area contributed by atoms with Crippen LogP contribution in [0.2, 0.25) is 0 Å². The molecule has 0 unspecified atom stereocenters. The number of Topliss-reactive ketones (excluding diaryl/α,β-unsaturated/α-hetero) is 1. The zero-order valence-corrected chi connectivity index (χ0v) is 7.23. The average Bonchev–Trinajstić information content (AvgIpc) is 2.39. The topological polar surface area (TPSA) is 43.1 Å².